The fraction of sp³-hybridized carbons (Fsp3) is 0.150. The normalized spacial score (nSPS) is 16.3. The lowest BCUT2D eigenvalue weighted by atomic mass is 9.93. The first kappa shape index (κ1) is 16.1. The zero-order chi connectivity index (χ0) is 18.3. The molecule has 2 N–H and O–H groups in total. The molecule has 4 rings (SSSR count). The van der Waals surface area contributed by atoms with Crippen molar-refractivity contribution < 1.29 is 14.0 Å². The van der Waals surface area contributed by atoms with E-state index >= 15 is 0 Å². The zero-order valence-electron chi connectivity index (χ0n) is 13.8. The molecule has 2 aromatic carbocycles. The second-order valence-electron chi connectivity index (χ2n) is 6.30. The number of carbonyl (C=O) groups excluding carboxylic acids is 2. The van der Waals surface area contributed by atoms with Crippen molar-refractivity contribution in [1.29, 1.82) is 0 Å². The number of para-hydroxylation sites is 1. The van der Waals surface area contributed by atoms with E-state index in [2.05, 4.69) is 0 Å². The van der Waals surface area contributed by atoms with Crippen LogP contribution in [-0.4, -0.2) is 22.8 Å². The first-order chi connectivity index (χ1) is 12.5. The summed E-state index contributed by atoms with van der Waals surface area (Å²) in [6, 6.07) is 14.7. The average molecular weight is 348 g/mol. The number of primary amides is 1. The van der Waals surface area contributed by atoms with Crippen LogP contribution in [0.1, 0.15) is 21.7 Å². The molecule has 0 aliphatic carbocycles. The molecule has 6 heteroatoms. The summed E-state index contributed by atoms with van der Waals surface area (Å²) in [6.45, 7) is 0.235. The number of nitrogens with zero attached hydrogens (tertiary/aromatic N) is 1. The Bertz CT molecular complexity index is 1090. The van der Waals surface area contributed by atoms with Gasteiger partial charge in [0.15, 0.2) is 11.2 Å². The van der Waals surface area contributed by atoms with E-state index in [-0.39, 0.29) is 17.7 Å². The van der Waals surface area contributed by atoms with Gasteiger partial charge in [-0.3, -0.25) is 14.4 Å². The van der Waals surface area contributed by atoms with Crippen LogP contribution in [0.2, 0.25) is 0 Å². The number of nitrogens with two attached hydrogens (primary N) is 1. The van der Waals surface area contributed by atoms with E-state index in [4.69, 9.17) is 10.2 Å². The van der Waals surface area contributed by atoms with Gasteiger partial charge in [-0.25, -0.2) is 0 Å². The summed E-state index contributed by atoms with van der Waals surface area (Å²) < 4.78 is 5.63. The van der Waals surface area contributed by atoms with Gasteiger partial charge in [0.2, 0.25) is 5.91 Å². The molecule has 0 saturated carbocycles. The average Bonchev–Trinajstić information content (AvgIpc) is 2.66. The van der Waals surface area contributed by atoms with Gasteiger partial charge in [-0.15, -0.1) is 0 Å². The van der Waals surface area contributed by atoms with Crippen molar-refractivity contribution in [3.05, 3.63) is 81.7 Å². The van der Waals surface area contributed by atoms with Gasteiger partial charge in [-0.1, -0.05) is 36.4 Å². The molecule has 0 spiro atoms. The highest BCUT2D eigenvalue weighted by atomic mass is 16.3. The van der Waals surface area contributed by atoms with E-state index in [0.29, 0.717) is 17.4 Å². The van der Waals surface area contributed by atoms with Gasteiger partial charge in [0, 0.05) is 19.0 Å². The standard InChI is InChI=1S/C20H16N2O4/c21-19(24)15-9-12-5-1-2-6-13(12)11-22(15)20(25)18-10-16(23)14-7-3-4-8-17(14)26-18/h1-8,10,15H,9,11H2,(H2,21,24)/t15-/m0/s1. The predicted molar refractivity (Wildman–Crippen MR) is 95.5 cm³/mol. The van der Waals surface area contributed by atoms with Crippen molar-refractivity contribution in [3.8, 4) is 0 Å². The third-order valence-corrected chi connectivity index (χ3v) is 4.68. The van der Waals surface area contributed by atoms with Crippen LogP contribution in [0.4, 0.5) is 0 Å². The van der Waals surface area contributed by atoms with Crippen molar-refractivity contribution in [3.63, 3.8) is 0 Å². The van der Waals surface area contributed by atoms with Crippen molar-refractivity contribution >= 4 is 22.8 Å². The summed E-state index contributed by atoms with van der Waals surface area (Å²) >= 11 is 0. The maximum Gasteiger partial charge on any atom is 0.290 e. The minimum atomic E-state index is -0.783. The lowest BCUT2D eigenvalue weighted by Crippen LogP contribution is -2.51. The van der Waals surface area contributed by atoms with Crippen molar-refractivity contribution in [2.75, 3.05) is 0 Å². The van der Waals surface area contributed by atoms with Crippen LogP contribution in [-0.2, 0) is 17.8 Å². The van der Waals surface area contributed by atoms with Gasteiger partial charge in [-0.2, -0.15) is 0 Å². The van der Waals surface area contributed by atoms with Crippen LogP contribution in [0, 0.1) is 0 Å². The molecule has 6 nitrogen and oxygen atoms in total. The molecule has 0 bridgehead atoms. The maximum atomic E-state index is 13.0. The molecule has 1 aliphatic rings. The molecule has 0 radical (unpaired) electrons. The van der Waals surface area contributed by atoms with E-state index in [1.54, 1.807) is 24.3 Å². The van der Waals surface area contributed by atoms with E-state index in [9.17, 15) is 14.4 Å². The number of hydrogen-bond donors (Lipinski definition) is 1. The van der Waals surface area contributed by atoms with Gasteiger partial charge in [0.1, 0.15) is 11.6 Å². The highest BCUT2D eigenvalue weighted by Gasteiger charge is 2.35. The zero-order valence-corrected chi connectivity index (χ0v) is 13.8. The first-order valence-electron chi connectivity index (χ1n) is 8.24. The summed E-state index contributed by atoms with van der Waals surface area (Å²) in [4.78, 5) is 38.6. The van der Waals surface area contributed by atoms with Gasteiger partial charge in [-0.05, 0) is 23.3 Å². The van der Waals surface area contributed by atoms with Crippen molar-refractivity contribution in [2.45, 2.75) is 19.0 Å². The fourth-order valence-corrected chi connectivity index (χ4v) is 3.34. The van der Waals surface area contributed by atoms with Gasteiger partial charge >= 0.3 is 0 Å². The third kappa shape index (κ3) is 2.65. The van der Waals surface area contributed by atoms with E-state index in [1.807, 2.05) is 24.3 Å². The SMILES string of the molecule is NC(=O)[C@@H]1Cc2ccccc2CN1C(=O)c1cc(=O)c2ccccc2o1. The molecule has 0 unspecified atom stereocenters. The van der Waals surface area contributed by atoms with Crippen LogP contribution in [0.5, 0.6) is 0 Å². The Hall–Kier alpha value is -3.41. The summed E-state index contributed by atoms with van der Waals surface area (Å²) in [7, 11) is 0. The second-order valence-corrected chi connectivity index (χ2v) is 6.30. The highest BCUT2D eigenvalue weighted by Crippen LogP contribution is 2.25. The Balaban J connectivity index is 1.77. The molecule has 1 atom stereocenters. The quantitative estimate of drug-likeness (QED) is 0.765. The Morgan fingerprint density at radius 2 is 1.73 bits per heavy atom. The molecule has 3 aromatic rings. The van der Waals surface area contributed by atoms with Crippen LogP contribution >= 0.6 is 0 Å². The highest BCUT2D eigenvalue weighted by molar-refractivity contribution is 5.96. The smallest absolute Gasteiger partial charge is 0.290 e. The molecule has 2 amide bonds. The monoisotopic (exact) mass is 348 g/mol. The Morgan fingerprint density at radius 3 is 2.50 bits per heavy atom. The molecular weight excluding hydrogens is 332 g/mol. The molecule has 1 aromatic heterocycles. The molecule has 2 heterocycles. The number of amides is 2. The molecular formula is C20H16N2O4. The van der Waals surface area contributed by atoms with Crippen LogP contribution in [0.15, 0.2) is 63.8 Å². The van der Waals surface area contributed by atoms with Crippen molar-refractivity contribution in [2.24, 2.45) is 5.73 Å². The van der Waals surface area contributed by atoms with E-state index < -0.39 is 17.9 Å². The topological polar surface area (TPSA) is 93.6 Å². The molecule has 0 saturated heterocycles. The van der Waals surface area contributed by atoms with E-state index in [1.165, 1.54) is 11.0 Å². The maximum absolute atomic E-state index is 13.0. The Kier molecular flexibility index (Phi) is 3.80. The van der Waals surface area contributed by atoms with E-state index in [0.717, 1.165) is 11.1 Å². The van der Waals surface area contributed by atoms with Crippen molar-refractivity contribution in [1.82, 2.24) is 4.90 Å². The lowest BCUT2D eigenvalue weighted by molar-refractivity contribution is -0.122. The first-order valence-corrected chi connectivity index (χ1v) is 8.24. The number of hydrogen-bond acceptors (Lipinski definition) is 4. The molecule has 130 valence electrons. The Labute approximate surface area is 148 Å². The number of carbonyl (C=O) groups is 2. The van der Waals surface area contributed by atoms with Gasteiger partial charge in [0.05, 0.1) is 5.39 Å². The summed E-state index contributed by atoms with van der Waals surface area (Å²) in [5, 5.41) is 0.402. The lowest BCUT2D eigenvalue weighted by Gasteiger charge is -2.34. The van der Waals surface area contributed by atoms with Gasteiger partial charge in [0.25, 0.3) is 5.91 Å². The number of rotatable bonds is 2. The Morgan fingerprint density at radius 1 is 1.04 bits per heavy atom. The largest absolute Gasteiger partial charge is 0.451 e. The van der Waals surface area contributed by atoms with Crippen LogP contribution in [0.3, 0.4) is 0 Å². The molecule has 0 fully saturated rings. The second kappa shape index (κ2) is 6.15. The summed E-state index contributed by atoms with van der Waals surface area (Å²) in [6.07, 6.45) is 0.342. The van der Waals surface area contributed by atoms with Crippen LogP contribution < -0.4 is 11.2 Å². The summed E-state index contributed by atoms with van der Waals surface area (Å²) in [5.74, 6) is -1.21. The van der Waals surface area contributed by atoms with Crippen LogP contribution in [0.25, 0.3) is 11.0 Å². The summed E-state index contributed by atoms with van der Waals surface area (Å²) in [5.41, 5.74) is 7.49. The molecule has 26 heavy (non-hydrogen) atoms. The third-order valence-electron chi connectivity index (χ3n) is 4.68. The minimum Gasteiger partial charge on any atom is -0.451 e. The minimum absolute atomic E-state index is 0.0978. The number of benzene rings is 2. The van der Waals surface area contributed by atoms with Gasteiger partial charge < -0.3 is 15.1 Å². The molecule has 1 aliphatic heterocycles. The number of fused-ring (bicyclic) bond motifs is 2. The predicted octanol–water partition coefficient (Wildman–Crippen LogP) is 1.85. The fourth-order valence-electron chi connectivity index (χ4n) is 3.34.